The Morgan fingerprint density at radius 1 is 0.914 bits per heavy atom. The van der Waals surface area contributed by atoms with Crippen LogP contribution in [0.5, 0.6) is 0 Å². The molecule has 0 radical (unpaired) electrons. The summed E-state index contributed by atoms with van der Waals surface area (Å²) in [5, 5.41) is 5.77. The lowest BCUT2D eigenvalue weighted by Crippen LogP contribution is -2.68. The Morgan fingerprint density at radius 2 is 1.60 bits per heavy atom. The second-order valence-electron chi connectivity index (χ2n) is 9.63. The average Bonchev–Trinajstić information content (AvgIpc) is 3.35. The van der Waals surface area contributed by atoms with Gasteiger partial charge in [0.15, 0.2) is 5.76 Å². The van der Waals surface area contributed by atoms with Gasteiger partial charge in [0.1, 0.15) is 5.76 Å². The third-order valence-corrected chi connectivity index (χ3v) is 7.30. The zero-order valence-electron chi connectivity index (χ0n) is 20.0. The van der Waals surface area contributed by atoms with E-state index in [1.54, 1.807) is 24.3 Å². The summed E-state index contributed by atoms with van der Waals surface area (Å²) in [5.74, 6) is 1.52. The van der Waals surface area contributed by atoms with Crippen molar-refractivity contribution in [3.8, 4) is 0 Å². The quantitative estimate of drug-likeness (QED) is 0.612. The van der Waals surface area contributed by atoms with Crippen molar-refractivity contribution in [1.82, 2.24) is 15.5 Å². The highest BCUT2D eigenvalue weighted by Gasteiger charge is 2.50. The molecule has 2 heterocycles. The lowest BCUT2D eigenvalue weighted by Gasteiger charge is -2.53. The second-order valence-corrected chi connectivity index (χ2v) is 9.63. The van der Waals surface area contributed by atoms with E-state index in [9.17, 15) is 9.59 Å². The van der Waals surface area contributed by atoms with Crippen molar-refractivity contribution in [2.45, 2.75) is 50.1 Å². The summed E-state index contributed by atoms with van der Waals surface area (Å²) >= 11 is 0. The van der Waals surface area contributed by atoms with E-state index in [0.29, 0.717) is 5.56 Å². The molecule has 0 aromatic heterocycles. The first-order valence-corrected chi connectivity index (χ1v) is 12.5. The van der Waals surface area contributed by atoms with Crippen LogP contribution in [-0.4, -0.2) is 54.7 Å². The van der Waals surface area contributed by atoms with Gasteiger partial charge in [0, 0.05) is 25.1 Å². The Bertz CT molecular complexity index is 1060. The largest absolute Gasteiger partial charge is 0.458 e. The van der Waals surface area contributed by atoms with E-state index in [4.69, 9.17) is 9.47 Å². The molecule has 2 N–H and O–H groups in total. The van der Waals surface area contributed by atoms with E-state index in [1.807, 2.05) is 24.3 Å². The molecule has 7 heteroatoms. The SMILES string of the molecule is O=C(CNC(=O)c1ccccc1)NC1CN(C2(C3=C(Cc4ccccc4)OCO3)CCCCC2)C1. The maximum Gasteiger partial charge on any atom is 0.251 e. The van der Waals surface area contributed by atoms with E-state index in [2.05, 4.69) is 27.7 Å². The lowest BCUT2D eigenvalue weighted by atomic mass is 9.76. The minimum atomic E-state index is -0.242. The van der Waals surface area contributed by atoms with Gasteiger partial charge in [0.25, 0.3) is 5.91 Å². The summed E-state index contributed by atoms with van der Waals surface area (Å²) < 4.78 is 12.1. The van der Waals surface area contributed by atoms with E-state index in [0.717, 1.165) is 56.7 Å². The number of allylic oxidation sites excluding steroid dienone is 1. The van der Waals surface area contributed by atoms with Crippen molar-refractivity contribution < 1.29 is 19.1 Å². The Balaban J connectivity index is 1.20. The third kappa shape index (κ3) is 5.20. The minimum Gasteiger partial charge on any atom is -0.458 e. The standard InChI is InChI=1S/C28H33N3O4/c32-25(17-29-27(33)22-12-6-2-7-13-22)30-23-18-31(19-23)28(14-8-3-9-15-28)26-24(34-20-35-26)16-21-10-4-1-5-11-21/h1-2,4-7,10-13,23H,3,8-9,14-20H2,(H,29,33)(H,30,32). The number of hydrogen-bond acceptors (Lipinski definition) is 5. The highest BCUT2D eigenvalue weighted by Crippen LogP contribution is 2.45. The van der Waals surface area contributed by atoms with Crippen molar-refractivity contribution in [3.63, 3.8) is 0 Å². The zero-order valence-corrected chi connectivity index (χ0v) is 20.0. The van der Waals surface area contributed by atoms with Gasteiger partial charge in [0.05, 0.1) is 18.1 Å². The molecular formula is C28H33N3O4. The molecule has 0 atom stereocenters. The second kappa shape index (κ2) is 10.5. The molecule has 0 unspecified atom stereocenters. The Morgan fingerprint density at radius 3 is 2.31 bits per heavy atom. The molecular weight excluding hydrogens is 442 g/mol. The lowest BCUT2D eigenvalue weighted by molar-refractivity contribution is -0.123. The van der Waals surface area contributed by atoms with Gasteiger partial charge < -0.3 is 20.1 Å². The molecule has 1 saturated heterocycles. The average molecular weight is 476 g/mol. The van der Waals surface area contributed by atoms with Gasteiger partial charge in [-0.3, -0.25) is 14.5 Å². The number of carbonyl (C=O) groups is 2. The highest BCUT2D eigenvalue weighted by molar-refractivity contribution is 5.96. The van der Waals surface area contributed by atoms with Crippen LogP contribution in [0.25, 0.3) is 0 Å². The highest BCUT2D eigenvalue weighted by atomic mass is 16.7. The minimum absolute atomic E-state index is 0.0291. The van der Waals surface area contributed by atoms with Gasteiger partial charge >= 0.3 is 0 Å². The Kier molecular flexibility index (Phi) is 7.04. The van der Waals surface area contributed by atoms with E-state index >= 15 is 0 Å². The van der Waals surface area contributed by atoms with Crippen LogP contribution < -0.4 is 10.6 Å². The van der Waals surface area contributed by atoms with Crippen LogP contribution in [0.4, 0.5) is 0 Å². The number of ether oxygens (including phenoxy) is 2. The number of hydrogen-bond donors (Lipinski definition) is 2. The maximum atomic E-state index is 12.5. The van der Waals surface area contributed by atoms with Gasteiger partial charge in [-0.05, 0) is 30.5 Å². The molecule has 184 valence electrons. The molecule has 2 fully saturated rings. The number of nitrogens with one attached hydrogen (secondary N) is 2. The predicted molar refractivity (Wildman–Crippen MR) is 132 cm³/mol. The Hall–Kier alpha value is -3.32. The normalized spacial score (nSPS) is 19.9. The van der Waals surface area contributed by atoms with Crippen molar-refractivity contribution >= 4 is 11.8 Å². The number of rotatable bonds is 8. The predicted octanol–water partition coefficient (Wildman–Crippen LogP) is 3.38. The molecule has 0 spiro atoms. The first-order valence-electron chi connectivity index (χ1n) is 12.5. The van der Waals surface area contributed by atoms with E-state index in [-0.39, 0.29) is 36.7 Å². The fourth-order valence-electron chi connectivity index (χ4n) is 5.49. The summed E-state index contributed by atoms with van der Waals surface area (Å²) in [7, 11) is 0. The first-order chi connectivity index (χ1) is 17.1. The van der Waals surface area contributed by atoms with E-state index in [1.165, 1.54) is 12.0 Å². The molecule has 2 aliphatic heterocycles. The number of amides is 2. The molecule has 35 heavy (non-hydrogen) atoms. The Labute approximate surface area is 206 Å². The van der Waals surface area contributed by atoms with Crippen LogP contribution in [-0.2, 0) is 20.7 Å². The number of benzene rings is 2. The molecule has 5 rings (SSSR count). The topological polar surface area (TPSA) is 79.9 Å². The molecule has 3 aliphatic rings. The van der Waals surface area contributed by atoms with Gasteiger partial charge in [-0.15, -0.1) is 0 Å². The van der Waals surface area contributed by atoms with Crippen LogP contribution in [0.2, 0.25) is 0 Å². The fourth-order valence-corrected chi connectivity index (χ4v) is 5.49. The number of likely N-dealkylation sites (tertiary alicyclic amines) is 1. The fraction of sp³-hybridized carbons (Fsp3) is 0.429. The molecule has 7 nitrogen and oxygen atoms in total. The van der Waals surface area contributed by atoms with Crippen LogP contribution in [0, 0.1) is 0 Å². The molecule has 2 aromatic rings. The number of nitrogens with zero attached hydrogens (tertiary/aromatic N) is 1. The maximum absolute atomic E-state index is 12.5. The van der Waals surface area contributed by atoms with Gasteiger partial charge in [-0.25, -0.2) is 0 Å². The summed E-state index contributed by atoms with van der Waals surface area (Å²) in [6.45, 7) is 1.78. The molecule has 1 saturated carbocycles. The van der Waals surface area contributed by atoms with Crippen molar-refractivity contribution in [2.75, 3.05) is 26.4 Å². The monoisotopic (exact) mass is 475 g/mol. The van der Waals surface area contributed by atoms with Gasteiger partial charge in [-0.1, -0.05) is 67.8 Å². The van der Waals surface area contributed by atoms with Crippen LogP contribution >= 0.6 is 0 Å². The van der Waals surface area contributed by atoms with Crippen molar-refractivity contribution in [3.05, 3.63) is 83.3 Å². The summed E-state index contributed by atoms with van der Waals surface area (Å²) in [5.41, 5.74) is 1.59. The summed E-state index contributed by atoms with van der Waals surface area (Å²) in [6, 6.07) is 19.3. The molecule has 2 amide bonds. The molecule has 2 aromatic carbocycles. The van der Waals surface area contributed by atoms with Gasteiger partial charge in [-0.2, -0.15) is 0 Å². The van der Waals surface area contributed by atoms with E-state index < -0.39 is 0 Å². The number of carbonyl (C=O) groups excluding carboxylic acids is 2. The van der Waals surface area contributed by atoms with Gasteiger partial charge in [0.2, 0.25) is 12.7 Å². The molecule has 0 bridgehead atoms. The van der Waals surface area contributed by atoms with Crippen LogP contribution in [0.1, 0.15) is 48.0 Å². The van der Waals surface area contributed by atoms with Crippen molar-refractivity contribution in [1.29, 1.82) is 0 Å². The smallest absolute Gasteiger partial charge is 0.251 e. The summed E-state index contributed by atoms with van der Waals surface area (Å²) in [6.07, 6.45) is 6.36. The van der Waals surface area contributed by atoms with Crippen LogP contribution in [0.3, 0.4) is 0 Å². The third-order valence-electron chi connectivity index (χ3n) is 7.30. The van der Waals surface area contributed by atoms with Crippen LogP contribution in [0.15, 0.2) is 72.2 Å². The zero-order chi connectivity index (χ0) is 24.1. The molecule has 1 aliphatic carbocycles. The first kappa shape index (κ1) is 23.4. The van der Waals surface area contributed by atoms with Crippen molar-refractivity contribution in [2.24, 2.45) is 0 Å². The summed E-state index contributed by atoms with van der Waals surface area (Å²) in [4.78, 5) is 27.1.